The maximum Gasteiger partial charge on any atom is 0.326 e. The van der Waals surface area contributed by atoms with Gasteiger partial charge in [0.1, 0.15) is 0 Å². The summed E-state index contributed by atoms with van der Waals surface area (Å²) in [5.74, 6) is -0.243. The molecular weight excluding hydrogens is 410 g/mol. The number of hydrogen-bond acceptors (Lipinski definition) is 6. The topological polar surface area (TPSA) is 145 Å². The molecule has 0 spiro atoms. The van der Waals surface area contributed by atoms with E-state index in [1.165, 1.54) is 28.7 Å². The number of benzene rings is 1. The van der Waals surface area contributed by atoms with Gasteiger partial charge in [-0.2, -0.15) is 4.31 Å². The molecule has 1 aliphatic heterocycles. The molecule has 1 aliphatic rings. The first-order valence-corrected chi connectivity index (χ1v) is 10.8. The molecule has 3 heterocycles. The van der Waals surface area contributed by atoms with Gasteiger partial charge in [0.15, 0.2) is 0 Å². The van der Waals surface area contributed by atoms with Crippen LogP contribution in [0.2, 0.25) is 0 Å². The Balaban J connectivity index is 1.47. The van der Waals surface area contributed by atoms with Crippen molar-refractivity contribution in [1.29, 1.82) is 0 Å². The predicted octanol–water partition coefficient (Wildman–Crippen LogP) is 0.194. The number of aromatic nitrogens is 3. The number of pyridine rings is 1. The Labute approximate surface area is 171 Å². The largest absolute Gasteiger partial charge is 0.349 e. The van der Waals surface area contributed by atoms with E-state index in [0.29, 0.717) is 18.4 Å². The number of nitrogens with one attached hydrogen (secondary N) is 3. The Hall–Kier alpha value is -3.31. The fourth-order valence-corrected chi connectivity index (χ4v) is 4.96. The first kappa shape index (κ1) is 20.0. The molecule has 1 amide bonds. The van der Waals surface area contributed by atoms with E-state index in [1.54, 1.807) is 18.3 Å². The lowest BCUT2D eigenvalue weighted by Gasteiger charge is -2.31. The minimum atomic E-state index is -3.82. The van der Waals surface area contributed by atoms with Crippen molar-refractivity contribution in [2.24, 2.45) is 0 Å². The van der Waals surface area contributed by atoms with Gasteiger partial charge in [-0.15, -0.1) is 0 Å². The average Bonchev–Trinajstić information content (AvgIpc) is 2.74. The summed E-state index contributed by atoms with van der Waals surface area (Å²) >= 11 is 0. The molecule has 0 aliphatic carbocycles. The highest BCUT2D eigenvalue weighted by atomic mass is 32.2. The highest BCUT2D eigenvalue weighted by Gasteiger charge is 2.30. The number of nitrogens with zero attached hydrogens (tertiary/aromatic N) is 2. The van der Waals surface area contributed by atoms with Crippen LogP contribution in [0.4, 0.5) is 0 Å². The number of sulfonamides is 1. The molecular formula is C19H19N5O5S. The van der Waals surface area contributed by atoms with E-state index in [2.05, 4.69) is 20.3 Å². The van der Waals surface area contributed by atoms with Crippen LogP contribution in [0.3, 0.4) is 0 Å². The van der Waals surface area contributed by atoms with Gasteiger partial charge in [-0.05, 0) is 43.2 Å². The molecule has 3 aromatic rings. The van der Waals surface area contributed by atoms with E-state index in [9.17, 15) is 22.8 Å². The molecule has 3 N–H and O–H groups in total. The zero-order valence-corrected chi connectivity index (χ0v) is 16.6. The number of fused-ring (bicyclic) bond motifs is 1. The van der Waals surface area contributed by atoms with Crippen LogP contribution in [0.1, 0.15) is 23.2 Å². The summed E-state index contributed by atoms with van der Waals surface area (Å²) in [6.07, 6.45) is 3.99. The van der Waals surface area contributed by atoms with Gasteiger partial charge in [-0.1, -0.05) is 0 Å². The van der Waals surface area contributed by atoms with Crippen LogP contribution in [0.5, 0.6) is 0 Å². The molecule has 1 aromatic carbocycles. The molecule has 1 saturated heterocycles. The van der Waals surface area contributed by atoms with Crippen molar-refractivity contribution in [2.75, 3.05) is 13.1 Å². The average molecular weight is 429 g/mol. The molecule has 0 bridgehead atoms. The second kappa shape index (κ2) is 7.84. The highest BCUT2D eigenvalue weighted by molar-refractivity contribution is 7.89. The molecule has 0 saturated carbocycles. The van der Waals surface area contributed by atoms with Gasteiger partial charge in [0.25, 0.3) is 11.5 Å². The number of carbonyl (C=O) groups excluding carboxylic acids is 1. The summed E-state index contributed by atoms with van der Waals surface area (Å²) in [4.78, 5) is 44.0. The minimum Gasteiger partial charge on any atom is -0.349 e. The third kappa shape index (κ3) is 3.89. The summed E-state index contributed by atoms with van der Waals surface area (Å²) in [7, 11) is -3.82. The fraction of sp³-hybridized carbons (Fsp3) is 0.263. The summed E-state index contributed by atoms with van der Waals surface area (Å²) in [6, 6.07) is 7.22. The van der Waals surface area contributed by atoms with Crippen molar-refractivity contribution < 1.29 is 13.2 Å². The standard InChI is InChI=1S/C19H19N5O5S/c25-17(12-2-1-7-20-11-12)21-13-5-8-24(9-6-13)30(28,29)14-3-4-16-15(10-14)18(26)23-19(27)22-16/h1-4,7,10-11,13H,5-6,8-9H2,(H,21,25)(H2,22,23,26,27). The molecule has 0 radical (unpaired) electrons. The number of carbonyl (C=O) groups is 1. The normalized spacial score (nSPS) is 15.9. The summed E-state index contributed by atoms with van der Waals surface area (Å²) in [5.41, 5.74) is -0.590. The van der Waals surface area contributed by atoms with Gasteiger partial charge >= 0.3 is 5.69 Å². The highest BCUT2D eigenvalue weighted by Crippen LogP contribution is 2.22. The fourth-order valence-electron chi connectivity index (χ4n) is 3.46. The first-order valence-electron chi connectivity index (χ1n) is 9.32. The number of rotatable bonds is 4. The van der Waals surface area contributed by atoms with Crippen molar-refractivity contribution in [3.63, 3.8) is 0 Å². The van der Waals surface area contributed by atoms with Crippen LogP contribution in [0.25, 0.3) is 10.9 Å². The Morgan fingerprint density at radius 3 is 2.60 bits per heavy atom. The number of hydrogen-bond donors (Lipinski definition) is 3. The van der Waals surface area contributed by atoms with Crippen molar-refractivity contribution >= 4 is 26.8 Å². The molecule has 30 heavy (non-hydrogen) atoms. The molecule has 4 rings (SSSR count). The Kier molecular flexibility index (Phi) is 5.22. The van der Waals surface area contributed by atoms with E-state index >= 15 is 0 Å². The number of amides is 1. The van der Waals surface area contributed by atoms with Crippen molar-refractivity contribution in [2.45, 2.75) is 23.8 Å². The van der Waals surface area contributed by atoms with Crippen LogP contribution in [-0.2, 0) is 10.0 Å². The van der Waals surface area contributed by atoms with Crippen LogP contribution in [0.15, 0.2) is 57.2 Å². The van der Waals surface area contributed by atoms with E-state index in [0.717, 1.165) is 0 Å². The summed E-state index contributed by atoms with van der Waals surface area (Å²) < 4.78 is 27.3. The lowest BCUT2D eigenvalue weighted by atomic mass is 10.1. The molecule has 2 aromatic heterocycles. The second-order valence-electron chi connectivity index (χ2n) is 7.01. The third-order valence-electron chi connectivity index (χ3n) is 5.06. The van der Waals surface area contributed by atoms with Gasteiger partial charge in [0, 0.05) is 31.5 Å². The van der Waals surface area contributed by atoms with E-state index in [4.69, 9.17) is 0 Å². The SMILES string of the molecule is O=C(NC1CCN(S(=O)(=O)c2ccc3[nH]c(=O)[nH]c(=O)c3c2)CC1)c1cccnc1. The number of aromatic amines is 2. The summed E-state index contributed by atoms with van der Waals surface area (Å²) in [5, 5.41) is 3.00. The van der Waals surface area contributed by atoms with Gasteiger partial charge in [0.05, 0.1) is 21.4 Å². The maximum absolute atomic E-state index is 13.0. The van der Waals surface area contributed by atoms with E-state index in [1.807, 2.05) is 0 Å². The number of piperidine rings is 1. The Morgan fingerprint density at radius 1 is 1.13 bits per heavy atom. The van der Waals surface area contributed by atoms with Crippen LogP contribution < -0.4 is 16.6 Å². The van der Waals surface area contributed by atoms with Gasteiger partial charge in [-0.3, -0.25) is 19.6 Å². The second-order valence-corrected chi connectivity index (χ2v) is 8.95. The predicted molar refractivity (Wildman–Crippen MR) is 109 cm³/mol. The third-order valence-corrected chi connectivity index (χ3v) is 6.96. The molecule has 1 fully saturated rings. The van der Waals surface area contributed by atoms with Crippen LogP contribution in [-0.4, -0.2) is 52.7 Å². The zero-order chi connectivity index (χ0) is 21.3. The smallest absolute Gasteiger partial charge is 0.326 e. The quantitative estimate of drug-likeness (QED) is 0.540. The maximum atomic E-state index is 13.0. The van der Waals surface area contributed by atoms with Crippen molar-refractivity contribution in [1.82, 2.24) is 24.6 Å². The molecule has 11 heteroatoms. The van der Waals surface area contributed by atoms with E-state index < -0.39 is 21.3 Å². The van der Waals surface area contributed by atoms with Crippen molar-refractivity contribution in [3.8, 4) is 0 Å². The van der Waals surface area contributed by atoms with Gasteiger partial charge in [0.2, 0.25) is 10.0 Å². The lowest BCUT2D eigenvalue weighted by molar-refractivity contribution is 0.0923. The molecule has 0 atom stereocenters. The first-order chi connectivity index (χ1) is 14.3. The Morgan fingerprint density at radius 2 is 1.90 bits per heavy atom. The zero-order valence-electron chi connectivity index (χ0n) is 15.8. The van der Waals surface area contributed by atoms with Crippen LogP contribution in [0, 0.1) is 0 Å². The molecule has 156 valence electrons. The molecule has 10 nitrogen and oxygen atoms in total. The van der Waals surface area contributed by atoms with Gasteiger partial charge in [-0.25, -0.2) is 13.2 Å². The van der Waals surface area contributed by atoms with Crippen LogP contribution >= 0.6 is 0 Å². The minimum absolute atomic E-state index is 0.0228. The Bertz CT molecular complexity index is 1310. The van der Waals surface area contributed by atoms with Crippen molar-refractivity contribution in [3.05, 3.63) is 69.1 Å². The lowest BCUT2D eigenvalue weighted by Crippen LogP contribution is -2.46. The molecule has 0 unspecified atom stereocenters. The monoisotopic (exact) mass is 429 g/mol. The summed E-state index contributed by atoms with van der Waals surface area (Å²) in [6.45, 7) is 0.473. The van der Waals surface area contributed by atoms with Gasteiger partial charge < -0.3 is 10.3 Å². The van der Waals surface area contributed by atoms with E-state index in [-0.39, 0.29) is 40.8 Å². The number of H-pyrrole nitrogens is 2.